The van der Waals surface area contributed by atoms with E-state index < -0.39 is 10.0 Å². The number of hydrogen-bond acceptors (Lipinski definition) is 4. The van der Waals surface area contributed by atoms with E-state index >= 15 is 0 Å². The smallest absolute Gasteiger partial charge is 0.229 e. The first-order chi connectivity index (χ1) is 18.4. The van der Waals surface area contributed by atoms with Crippen molar-refractivity contribution in [2.24, 2.45) is 0 Å². The average Bonchev–Trinajstić information content (AvgIpc) is 3.34. The molecule has 3 heterocycles. The molecule has 1 aliphatic heterocycles. The van der Waals surface area contributed by atoms with Gasteiger partial charge in [0.1, 0.15) is 0 Å². The molecule has 2 aromatic heterocycles. The number of benzene rings is 2. The number of anilines is 2. The van der Waals surface area contributed by atoms with Crippen molar-refractivity contribution >= 4 is 38.7 Å². The van der Waals surface area contributed by atoms with Crippen molar-refractivity contribution in [2.75, 3.05) is 15.9 Å². The van der Waals surface area contributed by atoms with Crippen molar-refractivity contribution in [3.63, 3.8) is 0 Å². The molecule has 202 valence electrons. The highest BCUT2D eigenvalue weighted by atomic mass is 32.2. The molecule has 0 spiro atoms. The van der Waals surface area contributed by atoms with Crippen molar-refractivity contribution < 1.29 is 8.42 Å². The lowest BCUT2D eigenvalue weighted by Crippen LogP contribution is -2.29. The summed E-state index contributed by atoms with van der Waals surface area (Å²) in [6, 6.07) is 20.1. The van der Waals surface area contributed by atoms with Gasteiger partial charge in [-0.2, -0.15) is 0 Å². The van der Waals surface area contributed by atoms with E-state index in [1.54, 1.807) is 12.3 Å². The van der Waals surface area contributed by atoms with Gasteiger partial charge in [-0.15, -0.1) is 0 Å². The molecule has 0 aliphatic carbocycles. The second-order valence-corrected chi connectivity index (χ2v) is 12.5. The predicted molar refractivity (Wildman–Crippen MR) is 162 cm³/mol. The van der Waals surface area contributed by atoms with E-state index in [9.17, 15) is 8.42 Å². The Morgan fingerprint density at radius 1 is 0.923 bits per heavy atom. The molecule has 0 bridgehead atoms. The van der Waals surface area contributed by atoms with E-state index in [0.29, 0.717) is 10.8 Å². The second-order valence-electron chi connectivity index (χ2n) is 10.4. The molecule has 0 radical (unpaired) electrons. The number of sulfonamides is 1. The molecule has 1 aliphatic rings. The Morgan fingerprint density at radius 3 is 2.26 bits per heavy atom. The van der Waals surface area contributed by atoms with Crippen LogP contribution >= 0.6 is 12.2 Å². The van der Waals surface area contributed by atoms with Crippen LogP contribution < -0.4 is 14.9 Å². The Morgan fingerprint density at radius 2 is 1.64 bits per heavy atom. The highest BCUT2D eigenvalue weighted by Crippen LogP contribution is 2.44. The van der Waals surface area contributed by atoms with Crippen LogP contribution in [0.4, 0.5) is 11.4 Å². The van der Waals surface area contributed by atoms with Crippen molar-refractivity contribution in [1.82, 2.24) is 14.9 Å². The summed E-state index contributed by atoms with van der Waals surface area (Å²) in [6.07, 6.45) is 2.95. The lowest BCUT2D eigenvalue weighted by atomic mass is 9.96. The van der Waals surface area contributed by atoms with E-state index in [2.05, 4.69) is 76.5 Å². The number of rotatable bonds is 6. The summed E-state index contributed by atoms with van der Waals surface area (Å²) in [5.41, 5.74) is 10.1. The Kier molecular flexibility index (Phi) is 6.99. The van der Waals surface area contributed by atoms with E-state index in [1.165, 1.54) is 11.1 Å². The summed E-state index contributed by atoms with van der Waals surface area (Å²) >= 11 is 5.92. The zero-order valence-corrected chi connectivity index (χ0v) is 24.6. The Bertz CT molecular complexity index is 1660. The monoisotopic (exact) mass is 559 g/mol. The van der Waals surface area contributed by atoms with Gasteiger partial charge >= 0.3 is 0 Å². The topological polar surface area (TPSA) is 79.3 Å². The SMILES string of the molecule is Cc1cc(C)cc(-n2c(C)cc([C@H]3[C@@H](c4ccccn4)NC(=S)N3c3ccc(NS(C)(=O)=O)c(C)c3)c2C)c1. The summed E-state index contributed by atoms with van der Waals surface area (Å²) in [5.74, 6) is 0. The molecule has 2 aromatic carbocycles. The first kappa shape index (κ1) is 26.9. The van der Waals surface area contributed by atoms with Gasteiger partial charge in [0.25, 0.3) is 0 Å². The van der Waals surface area contributed by atoms with Crippen LogP contribution in [0.25, 0.3) is 5.69 Å². The first-order valence-electron chi connectivity index (χ1n) is 12.8. The minimum Gasteiger partial charge on any atom is -0.351 e. The van der Waals surface area contributed by atoms with Crippen LogP contribution in [0, 0.1) is 34.6 Å². The average molecular weight is 560 g/mol. The number of pyridine rings is 1. The molecular weight excluding hydrogens is 526 g/mol. The van der Waals surface area contributed by atoms with Gasteiger partial charge in [-0.25, -0.2) is 8.42 Å². The second kappa shape index (κ2) is 10.1. The largest absolute Gasteiger partial charge is 0.351 e. The maximum Gasteiger partial charge on any atom is 0.229 e. The third-order valence-corrected chi connectivity index (χ3v) is 8.04. The van der Waals surface area contributed by atoms with Crippen molar-refractivity contribution in [1.29, 1.82) is 0 Å². The quantitative estimate of drug-likeness (QED) is 0.284. The minimum atomic E-state index is -3.39. The predicted octanol–water partition coefficient (Wildman–Crippen LogP) is 5.96. The molecule has 9 heteroatoms. The molecule has 4 aromatic rings. The van der Waals surface area contributed by atoms with Crippen LogP contribution in [-0.4, -0.2) is 29.3 Å². The summed E-state index contributed by atoms with van der Waals surface area (Å²) in [7, 11) is -3.39. The number of hydrogen-bond donors (Lipinski definition) is 2. The highest BCUT2D eigenvalue weighted by molar-refractivity contribution is 7.92. The lowest BCUT2D eigenvalue weighted by Gasteiger charge is -2.29. The molecule has 7 nitrogen and oxygen atoms in total. The van der Waals surface area contributed by atoms with Crippen molar-refractivity contribution in [3.8, 4) is 5.69 Å². The molecule has 0 amide bonds. The fraction of sp³-hybridized carbons (Fsp3) is 0.267. The highest BCUT2D eigenvalue weighted by Gasteiger charge is 2.42. The molecule has 1 fully saturated rings. The molecule has 0 saturated carbocycles. The molecule has 0 unspecified atom stereocenters. The lowest BCUT2D eigenvalue weighted by molar-refractivity contribution is 0.565. The first-order valence-corrected chi connectivity index (χ1v) is 15.1. The molecule has 1 saturated heterocycles. The van der Waals surface area contributed by atoms with Crippen LogP contribution in [-0.2, 0) is 10.0 Å². The maximum absolute atomic E-state index is 11.9. The molecule has 2 N–H and O–H groups in total. The Balaban J connectivity index is 1.66. The van der Waals surface area contributed by atoms with Crippen molar-refractivity contribution in [3.05, 3.63) is 106 Å². The van der Waals surface area contributed by atoms with Crippen LogP contribution in [0.1, 0.15) is 51.4 Å². The zero-order valence-electron chi connectivity index (χ0n) is 23.0. The number of nitrogens with zero attached hydrogens (tertiary/aromatic N) is 3. The van der Waals surface area contributed by atoms with Gasteiger partial charge in [-0.1, -0.05) is 12.1 Å². The Hall–Kier alpha value is -3.69. The van der Waals surface area contributed by atoms with Crippen LogP contribution in [0.5, 0.6) is 0 Å². The zero-order chi connectivity index (χ0) is 28.1. The van der Waals surface area contributed by atoms with E-state index in [1.807, 2.05) is 37.3 Å². The van der Waals surface area contributed by atoms with Crippen molar-refractivity contribution in [2.45, 2.75) is 46.7 Å². The fourth-order valence-electron chi connectivity index (χ4n) is 5.63. The van der Waals surface area contributed by atoms with Gasteiger partial charge < -0.3 is 14.8 Å². The van der Waals surface area contributed by atoms with Gasteiger partial charge in [0, 0.05) is 29.0 Å². The molecule has 5 rings (SSSR count). The summed E-state index contributed by atoms with van der Waals surface area (Å²) in [6.45, 7) is 10.4. The summed E-state index contributed by atoms with van der Waals surface area (Å²) in [4.78, 5) is 6.80. The maximum atomic E-state index is 11.9. The van der Waals surface area contributed by atoms with Gasteiger partial charge in [0.15, 0.2) is 5.11 Å². The number of aromatic nitrogens is 2. The molecular formula is C30H33N5O2S2. The van der Waals surface area contributed by atoms with E-state index in [0.717, 1.165) is 45.8 Å². The minimum absolute atomic E-state index is 0.175. The van der Waals surface area contributed by atoms with Crippen LogP contribution in [0.3, 0.4) is 0 Å². The van der Waals surface area contributed by atoms with E-state index in [-0.39, 0.29) is 12.1 Å². The fourth-order valence-corrected chi connectivity index (χ4v) is 6.60. The van der Waals surface area contributed by atoms with E-state index in [4.69, 9.17) is 12.2 Å². The Labute approximate surface area is 235 Å². The third-order valence-electron chi connectivity index (χ3n) is 7.14. The number of thiocarbonyl (C=S) groups is 1. The number of aryl methyl sites for hydroxylation is 4. The van der Waals surface area contributed by atoms with Gasteiger partial charge in [0.05, 0.1) is 29.7 Å². The normalized spacial score (nSPS) is 17.4. The number of nitrogens with one attached hydrogen (secondary N) is 2. The molecule has 2 atom stereocenters. The standard InChI is InChI=1S/C30H33N5O2S2/c1-18-13-19(2)15-24(14-18)34-21(4)17-25(22(34)5)29-28(27-9-7-8-12-31-27)32-30(38)35(29)23-10-11-26(20(3)16-23)33-39(6,36)37/h7-17,28-29,33H,1-6H3,(H,32,38)/t28-,29+/m1/s1. The summed E-state index contributed by atoms with van der Waals surface area (Å²) < 4.78 is 28.6. The van der Waals surface area contributed by atoms with Crippen LogP contribution in [0.2, 0.25) is 0 Å². The third kappa shape index (κ3) is 5.29. The van der Waals surface area contributed by atoms with Gasteiger partial charge in [-0.05, 0) is 118 Å². The van der Waals surface area contributed by atoms with Crippen LogP contribution in [0.15, 0.2) is 66.9 Å². The molecule has 39 heavy (non-hydrogen) atoms. The summed E-state index contributed by atoms with van der Waals surface area (Å²) in [5, 5.41) is 4.12. The van der Waals surface area contributed by atoms with Gasteiger partial charge in [0.2, 0.25) is 10.0 Å². The van der Waals surface area contributed by atoms with Gasteiger partial charge in [-0.3, -0.25) is 9.71 Å².